The Morgan fingerprint density at radius 2 is 1.82 bits per heavy atom. The number of likely N-dealkylation sites (tertiary alicyclic amines) is 1. The Labute approximate surface area is 194 Å². The molecule has 1 saturated heterocycles. The van der Waals surface area contributed by atoms with E-state index in [-0.39, 0.29) is 23.1 Å². The molecule has 11 heteroatoms. The van der Waals surface area contributed by atoms with Gasteiger partial charge in [-0.2, -0.15) is 0 Å². The van der Waals surface area contributed by atoms with Crippen molar-refractivity contribution in [2.75, 3.05) is 6.54 Å². The van der Waals surface area contributed by atoms with E-state index in [0.29, 0.717) is 18.7 Å². The minimum Gasteiger partial charge on any atom is -0.338 e. The van der Waals surface area contributed by atoms with E-state index in [1.165, 1.54) is 36.4 Å². The molecule has 1 heterocycles. The number of hydrazine groups is 1. The van der Waals surface area contributed by atoms with Crippen LogP contribution in [0.25, 0.3) is 6.08 Å². The van der Waals surface area contributed by atoms with Crippen LogP contribution in [0.4, 0.5) is 5.69 Å². The van der Waals surface area contributed by atoms with Gasteiger partial charge >= 0.3 is 0 Å². The maximum absolute atomic E-state index is 12.4. The lowest BCUT2D eigenvalue weighted by atomic mass is 10.1. The third-order valence-corrected chi connectivity index (χ3v) is 5.07. The first-order chi connectivity index (χ1) is 15.8. The fourth-order valence-corrected chi connectivity index (χ4v) is 3.34. The molecule has 2 aromatic carbocycles. The van der Waals surface area contributed by atoms with Crippen molar-refractivity contribution in [3.05, 3.63) is 81.9 Å². The Morgan fingerprint density at radius 1 is 1.12 bits per heavy atom. The second-order valence-electron chi connectivity index (χ2n) is 7.28. The van der Waals surface area contributed by atoms with Crippen molar-refractivity contribution in [3.63, 3.8) is 0 Å². The number of nitrogens with one attached hydrogen (secondary N) is 3. The van der Waals surface area contributed by atoms with E-state index >= 15 is 0 Å². The molecule has 1 atom stereocenters. The summed E-state index contributed by atoms with van der Waals surface area (Å²) in [5, 5.41) is 12.9. The Balaban J connectivity index is 1.41. The number of carbonyl (C=O) groups excluding carboxylic acids is 3. The molecule has 0 bridgehead atoms. The van der Waals surface area contributed by atoms with Gasteiger partial charge in [0.05, 0.1) is 10.8 Å². The zero-order valence-electron chi connectivity index (χ0n) is 17.4. The van der Waals surface area contributed by atoms with Crippen molar-refractivity contribution < 1.29 is 19.3 Å². The van der Waals surface area contributed by atoms with Crippen molar-refractivity contribution in [1.82, 2.24) is 21.1 Å². The van der Waals surface area contributed by atoms with E-state index in [4.69, 9.17) is 12.2 Å². The number of thiocarbonyl (C=S) groups is 1. The van der Waals surface area contributed by atoms with Crippen LogP contribution in [-0.4, -0.2) is 39.2 Å². The third kappa shape index (κ3) is 6.94. The maximum Gasteiger partial charge on any atom is 0.269 e. The molecule has 1 unspecified atom stereocenters. The Hall–Kier alpha value is -4.12. The molecule has 1 aliphatic heterocycles. The van der Waals surface area contributed by atoms with E-state index in [9.17, 15) is 24.5 Å². The Kier molecular flexibility index (Phi) is 7.82. The predicted molar refractivity (Wildman–Crippen MR) is 124 cm³/mol. The summed E-state index contributed by atoms with van der Waals surface area (Å²) in [6.07, 6.45) is 2.76. The Bertz CT molecular complexity index is 1090. The number of nitro benzene ring substituents is 1. The summed E-state index contributed by atoms with van der Waals surface area (Å²) < 4.78 is 0. The van der Waals surface area contributed by atoms with E-state index in [2.05, 4.69) is 16.2 Å². The van der Waals surface area contributed by atoms with Crippen LogP contribution >= 0.6 is 12.2 Å². The smallest absolute Gasteiger partial charge is 0.269 e. The van der Waals surface area contributed by atoms with Crippen molar-refractivity contribution in [2.24, 2.45) is 5.92 Å². The second kappa shape index (κ2) is 11.0. The van der Waals surface area contributed by atoms with E-state index < -0.39 is 22.7 Å². The number of non-ortho nitro benzene ring substituents is 1. The third-order valence-electron chi connectivity index (χ3n) is 4.87. The first-order valence-electron chi connectivity index (χ1n) is 9.97. The van der Waals surface area contributed by atoms with Gasteiger partial charge in [-0.15, -0.1) is 0 Å². The summed E-state index contributed by atoms with van der Waals surface area (Å²) >= 11 is 4.99. The quantitative estimate of drug-likeness (QED) is 0.255. The maximum atomic E-state index is 12.4. The van der Waals surface area contributed by atoms with E-state index in [1.54, 1.807) is 4.90 Å². The van der Waals surface area contributed by atoms with Crippen molar-refractivity contribution in [1.29, 1.82) is 0 Å². The fourth-order valence-electron chi connectivity index (χ4n) is 3.19. The monoisotopic (exact) mass is 467 g/mol. The molecule has 3 rings (SSSR count). The van der Waals surface area contributed by atoms with Gasteiger partial charge in [0.1, 0.15) is 0 Å². The molecule has 3 amide bonds. The average Bonchev–Trinajstić information content (AvgIpc) is 3.17. The molecule has 0 radical (unpaired) electrons. The SMILES string of the molecule is O=C(/C=C/c1ccc([N+](=O)[O-])cc1)NC(=S)NNC(=O)C1CC(=O)N(Cc2ccccc2)C1. The largest absolute Gasteiger partial charge is 0.338 e. The summed E-state index contributed by atoms with van der Waals surface area (Å²) in [5.41, 5.74) is 6.39. The van der Waals surface area contributed by atoms with Crippen LogP contribution in [0.1, 0.15) is 17.5 Å². The van der Waals surface area contributed by atoms with Gasteiger partial charge in [0, 0.05) is 37.7 Å². The number of amides is 3. The van der Waals surface area contributed by atoms with Crippen LogP contribution in [0.15, 0.2) is 60.7 Å². The number of nitrogens with zero attached hydrogens (tertiary/aromatic N) is 2. The minimum absolute atomic E-state index is 0.0510. The summed E-state index contributed by atoms with van der Waals surface area (Å²) in [6, 6.07) is 15.2. The molecule has 1 fully saturated rings. The summed E-state index contributed by atoms with van der Waals surface area (Å²) in [5.74, 6) is -1.59. The van der Waals surface area contributed by atoms with Crippen LogP contribution in [0.2, 0.25) is 0 Å². The van der Waals surface area contributed by atoms with Gasteiger partial charge in [-0.3, -0.25) is 40.7 Å². The van der Waals surface area contributed by atoms with Crippen LogP contribution in [0.5, 0.6) is 0 Å². The summed E-state index contributed by atoms with van der Waals surface area (Å²) in [6.45, 7) is 0.727. The zero-order chi connectivity index (χ0) is 23.8. The van der Waals surface area contributed by atoms with Crippen LogP contribution in [0, 0.1) is 16.0 Å². The first kappa shape index (κ1) is 23.5. The highest BCUT2D eigenvalue weighted by Crippen LogP contribution is 2.20. The van der Waals surface area contributed by atoms with Gasteiger partial charge in [-0.25, -0.2) is 0 Å². The standard InChI is InChI=1S/C22H21N5O5S/c28-19(11-8-15-6-9-18(10-7-15)27(31)32)23-22(33)25-24-21(30)17-12-20(29)26(14-17)13-16-4-2-1-3-5-16/h1-11,17H,12-14H2,(H,24,30)(H2,23,25,28,33)/b11-8+. The molecule has 0 spiro atoms. The molecule has 170 valence electrons. The highest BCUT2D eigenvalue weighted by atomic mass is 32.1. The lowest BCUT2D eigenvalue weighted by molar-refractivity contribution is -0.384. The highest BCUT2D eigenvalue weighted by Gasteiger charge is 2.34. The van der Waals surface area contributed by atoms with Gasteiger partial charge in [-0.1, -0.05) is 30.3 Å². The molecular formula is C22H21N5O5S. The van der Waals surface area contributed by atoms with Crippen molar-refractivity contribution in [2.45, 2.75) is 13.0 Å². The molecule has 0 saturated carbocycles. The number of benzene rings is 2. The van der Waals surface area contributed by atoms with Crippen LogP contribution in [0.3, 0.4) is 0 Å². The molecular weight excluding hydrogens is 446 g/mol. The molecule has 10 nitrogen and oxygen atoms in total. The van der Waals surface area contributed by atoms with Crippen molar-refractivity contribution in [3.8, 4) is 0 Å². The lowest BCUT2D eigenvalue weighted by Crippen LogP contribution is -2.50. The molecule has 3 N–H and O–H groups in total. The van der Waals surface area contributed by atoms with Crippen LogP contribution in [-0.2, 0) is 20.9 Å². The second-order valence-corrected chi connectivity index (χ2v) is 7.68. The molecule has 33 heavy (non-hydrogen) atoms. The number of nitro groups is 1. The molecule has 2 aromatic rings. The topological polar surface area (TPSA) is 134 Å². The number of hydrogen-bond donors (Lipinski definition) is 3. The van der Waals surface area contributed by atoms with Gasteiger partial charge in [0.15, 0.2) is 5.11 Å². The molecule has 0 aliphatic carbocycles. The zero-order valence-corrected chi connectivity index (χ0v) is 18.2. The Morgan fingerprint density at radius 3 is 2.48 bits per heavy atom. The van der Waals surface area contributed by atoms with Gasteiger partial charge in [0.2, 0.25) is 17.7 Å². The fraction of sp³-hybridized carbons (Fsp3) is 0.182. The van der Waals surface area contributed by atoms with E-state index in [1.807, 2.05) is 30.3 Å². The lowest BCUT2D eigenvalue weighted by Gasteiger charge is -2.17. The first-order valence-corrected chi connectivity index (χ1v) is 10.4. The van der Waals surface area contributed by atoms with Gasteiger partial charge in [0.25, 0.3) is 5.69 Å². The normalized spacial score (nSPS) is 15.3. The average molecular weight is 468 g/mol. The van der Waals surface area contributed by atoms with E-state index in [0.717, 1.165) is 5.56 Å². The predicted octanol–water partition coefficient (Wildman–Crippen LogP) is 1.68. The van der Waals surface area contributed by atoms with Gasteiger partial charge in [-0.05, 0) is 41.6 Å². The summed E-state index contributed by atoms with van der Waals surface area (Å²) in [4.78, 5) is 48.3. The minimum atomic E-state index is -0.551. The molecule has 1 aliphatic rings. The van der Waals surface area contributed by atoms with Gasteiger partial charge < -0.3 is 4.90 Å². The highest BCUT2D eigenvalue weighted by molar-refractivity contribution is 7.80. The number of rotatable bonds is 6. The van der Waals surface area contributed by atoms with Crippen molar-refractivity contribution >= 4 is 46.8 Å². The number of carbonyl (C=O) groups is 3. The summed E-state index contributed by atoms with van der Waals surface area (Å²) in [7, 11) is 0. The van der Waals surface area contributed by atoms with Crippen LogP contribution < -0.4 is 16.2 Å². The number of hydrogen-bond acceptors (Lipinski definition) is 6. The molecule has 0 aromatic heterocycles.